The van der Waals surface area contributed by atoms with Gasteiger partial charge in [-0.15, -0.1) is 0 Å². The Kier molecular flexibility index (Phi) is 13.3. The Balaban J connectivity index is 0. The molecule has 0 spiro atoms. The molecule has 28 heavy (non-hydrogen) atoms. The summed E-state index contributed by atoms with van der Waals surface area (Å²) in [5, 5.41) is 61.1. The molecule has 0 aromatic heterocycles. The van der Waals surface area contributed by atoms with Crippen molar-refractivity contribution in [2.24, 2.45) is 0 Å². The zero-order valence-electron chi connectivity index (χ0n) is 14.8. The molecule has 0 aliphatic rings. The number of phenols is 2. The minimum atomic E-state index is -1.68. The molecule has 0 unspecified atom stereocenters. The number of hydrogen-bond acceptors (Lipinski definition) is 11. The van der Waals surface area contributed by atoms with Crippen molar-refractivity contribution in [2.75, 3.05) is 36.0 Å². The van der Waals surface area contributed by atoms with Crippen molar-refractivity contribution in [1.29, 1.82) is 0 Å². The number of hydrogen-bond donors (Lipinski definition) is 3. The van der Waals surface area contributed by atoms with Crippen molar-refractivity contribution in [3.63, 3.8) is 0 Å². The van der Waals surface area contributed by atoms with Gasteiger partial charge in [-0.1, -0.05) is 0 Å². The summed E-state index contributed by atoms with van der Waals surface area (Å²) in [6.45, 7) is -3.71. The van der Waals surface area contributed by atoms with E-state index in [1.165, 1.54) is 0 Å². The van der Waals surface area contributed by atoms with Gasteiger partial charge in [-0.3, -0.25) is 4.79 Å². The number of carboxylic acids is 4. The minimum Gasteiger partial charge on any atom is -0.548 e. The van der Waals surface area contributed by atoms with Crippen molar-refractivity contribution in [3.05, 3.63) is 12.1 Å². The smallest absolute Gasteiger partial charge is 0.548 e. The van der Waals surface area contributed by atoms with Crippen LogP contribution in [0.1, 0.15) is 0 Å². The van der Waals surface area contributed by atoms with Crippen LogP contribution in [-0.4, -0.2) is 103 Å². The van der Waals surface area contributed by atoms with Crippen LogP contribution in [-0.2, 0) is 19.2 Å². The molecule has 0 amide bonds. The summed E-state index contributed by atoms with van der Waals surface area (Å²) in [4.78, 5) is 44.3. The zero-order valence-corrected chi connectivity index (χ0v) is 19.0. The summed E-state index contributed by atoms with van der Waals surface area (Å²) < 4.78 is 0. The van der Waals surface area contributed by atoms with E-state index in [1.807, 2.05) is 0 Å². The van der Waals surface area contributed by atoms with Gasteiger partial charge < -0.3 is 54.8 Å². The molecule has 3 N–H and O–H groups in total. The van der Waals surface area contributed by atoms with Gasteiger partial charge in [0.15, 0.2) is 11.5 Å². The largest absolute Gasteiger partial charge is 2.00 e. The summed E-state index contributed by atoms with van der Waals surface area (Å²) in [5.74, 6) is -8.43. The van der Waals surface area contributed by atoms with Crippen LogP contribution in [0, 0.1) is 0 Å². The van der Waals surface area contributed by atoms with Crippen molar-refractivity contribution in [3.8, 4) is 11.5 Å². The first-order valence-electron chi connectivity index (χ1n) is 6.89. The molecule has 0 saturated heterocycles. The summed E-state index contributed by atoms with van der Waals surface area (Å²) in [6, 6.07) is 1.95. The second-order valence-electron chi connectivity index (χ2n) is 5.02. The maximum absolute atomic E-state index is 10.8. The molecule has 0 aliphatic carbocycles. The quantitative estimate of drug-likeness (QED) is 0.233. The number of carboxylic acid groups (broad SMARTS) is 4. The van der Waals surface area contributed by atoms with Gasteiger partial charge in [-0.2, -0.15) is 0 Å². The predicted molar refractivity (Wildman–Crippen MR) is 82.6 cm³/mol. The van der Waals surface area contributed by atoms with E-state index in [-0.39, 0.29) is 67.3 Å². The fourth-order valence-electron chi connectivity index (χ4n) is 2.15. The van der Waals surface area contributed by atoms with Gasteiger partial charge in [0.1, 0.15) is 6.54 Å². The molecule has 0 fully saturated rings. The van der Waals surface area contributed by atoms with Crippen molar-refractivity contribution >= 4 is 73.0 Å². The van der Waals surface area contributed by atoms with Crippen LogP contribution in [0.25, 0.3) is 0 Å². The Labute approximate surface area is 210 Å². The van der Waals surface area contributed by atoms with Gasteiger partial charge in [-0.25, -0.2) is 0 Å². The Hall–Kier alpha value is -1.44. The zero-order chi connectivity index (χ0) is 20.0. The van der Waals surface area contributed by atoms with Crippen LogP contribution < -0.4 is 54.7 Å². The number of rotatable bonds is 10. The normalized spacial score (nSPS) is 9.43. The molecule has 0 radical (unpaired) electrons. The number of aliphatic carboxylic acids is 4. The van der Waals surface area contributed by atoms with Crippen molar-refractivity contribution in [1.82, 2.24) is 0 Å². The van der Waals surface area contributed by atoms with Crippen LogP contribution in [0.2, 0.25) is 0 Å². The summed E-state index contributed by atoms with van der Waals surface area (Å²) in [7, 11) is 0. The van der Waals surface area contributed by atoms with E-state index < -0.39 is 72.9 Å². The first kappa shape index (κ1) is 28.8. The molecule has 1 aromatic carbocycles. The average molecular weight is 432 g/mol. The van der Waals surface area contributed by atoms with E-state index in [9.17, 15) is 44.7 Å². The number of nitrogens with zero attached hydrogens (tertiary/aromatic N) is 2. The molecular formula is C14H13CaN2NaO10. The van der Waals surface area contributed by atoms with Crippen LogP contribution in [0.15, 0.2) is 12.1 Å². The van der Waals surface area contributed by atoms with Gasteiger partial charge in [0.25, 0.3) is 0 Å². The van der Waals surface area contributed by atoms with Crippen molar-refractivity contribution in [2.45, 2.75) is 0 Å². The predicted octanol–water partition coefficient (Wildman–Crippen LogP) is -8.33. The van der Waals surface area contributed by atoms with Gasteiger partial charge in [0.05, 0.1) is 48.9 Å². The average Bonchev–Trinajstić information content (AvgIpc) is 2.46. The second-order valence-corrected chi connectivity index (χ2v) is 5.02. The first-order valence-corrected chi connectivity index (χ1v) is 6.89. The first-order chi connectivity index (χ1) is 12.0. The Morgan fingerprint density at radius 2 is 1.04 bits per heavy atom. The minimum absolute atomic E-state index is 0. The van der Waals surface area contributed by atoms with E-state index in [1.54, 1.807) is 0 Å². The summed E-state index contributed by atoms with van der Waals surface area (Å²) in [6.07, 6.45) is 0. The molecule has 142 valence electrons. The molecule has 0 bridgehead atoms. The number of anilines is 2. The molecule has 0 atom stereocenters. The Bertz CT molecular complexity index is 652. The van der Waals surface area contributed by atoms with Crippen LogP contribution in [0.5, 0.6) is 11.5 Å². The van der Waals surface area contributed by atoms with E-state index in [0.29, 0.717) is 9.80 Å². The maximum Gasteiger partial charge on any atom is 2.00 e. The molecule has 12 nitrogen and oxygen atoms in total. The van der Waals surface area contributed by atoms with Crippen LogP contribution >= 0.6 is 0 Å². The Morgan fingerprint density at radius 3 is 1.29 bits per heavy atom. The Morgan fingerprint density at radius 1 is 0.750 bits per heavy atom. The number of carbonyl (C=O) groups excluding carboxylic acids is 3. The van der Waals surface area contributed by atoms with Gasteiger partial charge >= 0.3 is 73.3 Å². The number of carbonyl (C=O) groups is 4. The molecule has 0 saturated carbocycles. The van der Waals surface area contributed by atoms with Gasteiger partial charge in [-0.05, 0) is 12.1 Å². The third-order valence-electron chi connectivity index (χ3n) is 3.08. The molecule has 1 aromatic rings. The number of benzene rings is 1. The summed E-state index contributed by atoms with van der Waals surface area (Å²) >= 11 is 0. The third-order valence-corrected chi connectivity index (χ3v) is 3.08. The number of aromatic hydroxyl groups is 2. The van der Waals surface area contributed by atoms with Crippen LogP contribution in [0.4, 0.5) is 11.4 Å². The maximum atomic E-state index is 10.8. The van der Waals surface area contributed by atoms with Crippen LogP contribution in [0.3, 0.4) is 0 Å². The molecule has 1 rings (SSSR count). The second kappa shape index (κ2) is 12.9. The SMILES string of the molecule is O=C([O-])CN(CC(=O)[O-])c1ccc(N(CC(=O)[O-])CC(=O)O)c(O)c1O.[Ca+2].[Na+]. The van der Waals surface area contributed by atoms with E-state index in [2.05, 4.69) is 0 Å². The fourth-order valence-corrected chi connectivity index (χ4v) is 2.15. The topological polar surface area (TPSA) is 205 Å². The van der Waals surface area contributed by atoms with Gasteiger partial charge in [0.2, 0.25) is 0 Å². The van der Waals surface area contributed by atoms with Gasteiger partial charge in [0, 0.05) is 0 Å². The molecule has 14 heteroatoms. The van der Waals surface area contributed by atoms with E-state index >= 15 is 0 Å². The fraction of sp³-hybridized carbons (Fsp3) is 0.286. The third kappa shape index (κ3) is 8.71. The number of phenolic OH excluding ortho intramolecular Hbond substituents is 2. The molecular weight excluding hydrogens is 419 g/mol. The van der Waals surface area contributed by atoms with E-state index in [0.717, 1.165) is 12.1 Å². The molecule has 0 aliphatic heterocycles. The van der Waals surface area contributed by atoms with Crippen molar-refractivity contribution < 1.29 is 79.4 Å². The molecule has 0 heterocycles. The van der Waals surface area contributed by atoms with E-state index in [4.69, 9.17) is 5.11 Å². The summed E-state index contributed by atoms with van der Waals surface area (Å²) in [5.41, 5.74) is -0.830. The monoisotopic (exact) mass is 432 g/mol. The standard InChI is InChI=1S/C14H16N2O10.Ca.Na/c17-9(18)3-15(4-10(19)20)7-1-2-8(14(26)13(7)25)16(5-11(21)22)6-12(23)24;;/h1-2,25-26H,3-6H2,(H,17,18)(H,19,20)(H,21,22)(H,23,24);;/q;+2;+1/p-3.